The van der Waals surface area contributed by atoms with Crippen LogP contribution in [0.1, 0.15) is 124 Å². The first-order valence-corrected chi connectivity index (χ1v) is 30.5. The van der Waals surface area contributed by atoms with E-state index in [-0.39, 0.29) is 7.43 Å². The predicted molar refractivity (Wildman–Crippen MR) is 351 cm³/mol. The third-order valence-electron chi connectivity index (χ3n) is 13.8. The van der Waals surface area contributed by atoms with E-state index >= 15 is 0 Å². The average molecular weight is 1060 g/mol. The number of thiophene rings is 1. The van der Waals surface area contributed by atoms with Crippen molar-refractivity contribution in [1.82, 2.24) is 0 Å². The van der Waals surface area contributed by atoms with Gasteiger partial charge < -0.3 is 0 Å². The highest BCUT2D eigenvalue weighted by Gasteiger charge is 2.26. The SMILES string of the molecule is C.C/C=C/C=C(\SC)c1ccccc1.CC.CC.CC1C=CC=C(c2ccc(Cc3ccc(-c4c(C5=CCCC=C5)c(-c5ccccc5)c(-c5ccccc5)c5cc(C6=CCCC(c7ccccc7)S6)ccc45)cc3)s2)C1. The largest absolute Gasteiger partial charge is 0.140 e. The van der Waals surface area contributed by atoms with Gasteiger partial charge in [0.2, 0.25) is 0 Å². The Morgan fingerprint density at radius 2 is 1.25 bits per heavy atom. The Kier molecular flexibility index (Phi) is 22.5. The first-order chi connectivity index (χ1) is 37.5. The fraction of sp³-hybridized carbons (Fsp3) is 0.216. The van der Waals surface area contributed by atoms with E-state index in [0.717, 1.165) is 38.5 Å². The van der Waals surface area contributed by atoms with Crippen molar-refractivity contribution in [2.45, 2.75) is 92.7 Å². The van der Waals surface area contributed by atoms with Crippen LogP contribution >= 0.6 is 34.9 Å². The topological polar surface area (TPSA) is 0 Å². The minimum atomic E-state index is 0. The second-order valence-electron chi connectivity index (χ2n) is 18.8. The molecular weight excluding hydrogens is 985 g/mol. The lowest BCUT2D eigenvalue weighted by atomic mass is 9.77. The van der Waals surface area contributed by atoms with E-state index in [2.05, 4.69) is 238 Å². The molecule has 2 unspecified atom stereocenters. The number of hydrogen-bond acceptors (Lipinski definition) is 3. The number of fused-ring (bicyclic) bond motifs is 1. The lowest BCUT2D eigenvalue weighted by molar-refractivity contribution is 0.750. The summed E-state index contributed by atoms with van der Waals surface area (Å²) in [6.07, 6.45) is 31.3. The fourth-order valence-corrected chi connectivity index (χ4v) is 13.3. The number of thioether (sulfide) groups is 2. The molecule has 0 saturated heterocycles. The Morgan fingerprint density at radius 1 is 0.623 bits per heavy atom. The van der Waals surface area contributed by atoms with Gasteiger partial charge in [0.15, 0.2) is 0 Å². The van der Waals surface area contributed by atoms with Crippen molar-refractivity contribution < 1.29 is 0 Å². The van der Waals surface area contributed by atoms with Crippen molar-refractivity contribution in [3.63, 3.8) is 0 Å². The van der Waals surface area contributed by atoms with Gasteiger partial charge in [-0.05, 0) is 159 Å². The zero-order chi connectivity index (χ0) is 53.1. The Labute approximate surface area is 475 Å². The van der Waals surface area contributed by atoms with Crippen LogP contribution in [-0.2, 0) is 6.42 Å². The summed E-state index contributed by atoms with van der Waals surface area (Å²) in [6.45, 7) is 12.3. The Morgan fingerprint density at radius 3 is 1.88 bits per heavy atom. The summed E-state index contributed by atoms with van der Waals surface area (Å²) in [6, 6.07) is 65.3. The molecule has 0 fully saturated rings. The van der Waals surface area contributed by atoms with Crippen molar-refractivity contribution in [3.8, 4) is 33.4 Å². The lowest BCUT2D eigenvalue weighted by Crippen LogP contribution is -2.02. The third-order valence-corrected chi connectivity index (χ3v) is 17.2. The highest BCUT2D eigenvalue weighted by molar-refractivity contribution is 8.08. The van der Waals surface area contributed by atoms with Gasteiger partial charge in [0, 0.05) is 31.2 Å². The van der Waals surface area contributed by atoms with Crippen LogP contribution in [0.2, 0.25) is 0 Å². The molecule has 3 heteroatoms. The maximum atomic E-state index is 2.51. The van der Waals surface area contributed by atoms with Gasteiger partial charge in [0.05, 0.1) is 0 Å². The highest BCUT2D eigenvalue weighted by Crippen LogP contribution is 2.52. The lowest BCUT2D eigenvalue weighted by Gasteiger charge is -2.27. The zero-order valence-electron chi connectivity index (χ0n) is 45.6. The maximum absolute atomic E-state index is 2.51. The normalized spacial score (nSPS) is 15.8. The molecule has 0 bridgehead atoms. The van der Waals surface area contributed by atoms with Crippen LogP contribution in [0.5, 0.6) is 0 Å². The molecule has 1 aliphatic heterocycles. The number of benzene rings is 7. The maximum Gasteiger partial charge on any atom is 0.0347 e. The van der Waals surface area contributed by atoms with Crippen LogP contribution in [0, 0.1) is 5.92 Å². The van der Waals surface area contributed by atoms with E-state index in [0.29, 0.717) is 11.2 Å². The van der Waals surface area contributed by atoms with Crippen molar-refractivity contribution in [3.05, 3.63) is 274 Å². The molecule has 0 amide bonds. The van der Waals surface area contributed by atoms with Gasteiger partial charge in [0.1, 0.15) is 0 Å². The molecule has 8 aromatic rings. The van der Waals surface area contributed by atoms with Crippen molar-refractivity contribution in [2.75, 3.05) is 6.26 Å². The summed E-state index contributed by atoms with van der Waals surface area (Å²) in [5.74, 6) is 0.597. The van der Waals surface area contributed by atoms with Crippen LogP contribution in [0.15, 0.2) is 237 Å². The van der Waals surface area contributed by atoms with E-state index in [9.17, 15) is 0 Å². The summed E-state index contributed by atoms with van der Waals surface area (Å²) in [4.78, 5) is 5.50. The number of rotatable bonds is 12. The molecular formula is C74H78S3. The van der Waals surface area contributed by atoms with Gasteiger partial charge in [-0.3, -0.25) is 0 Å². The molecule has 392 valence electrons. The summed E-state index contributed by atoms with van der Waals surface area (Å²) < 4.78 is 0. The monoisotopic (exact) mass is 1060 g/mol. The number of hydrogen-bond donors (Lipinski definition) is 0. The zero-order valence-corrected chi connectivity index (χ0v) is 48.1. The minimum absolute atomic E-state index is 0. The average Bonchev–Trinajstić information content (AvgIpc) is 3.98. The Hall–Kier alpha value is -6.62. The third kappa shape index (κ3) is 14.5. The van der Waals surface area contributed by atoms with E-state index < -0.39 is 0 Å². The van der Waals surface area contributed by atoms with Crippen LogP contribution in [0.25, 0.3) is 65.1 Å². The highest BCUT2D eigenvalue weighted by atomic mass is 32.2. The molecule has 0 N–H and O–H groups in total. The molecule has 2 aliphatic carbocycles. The predicted octanol–water partition coefficient (Wildman–Crippen LogP) is 23.5. The van der Waals surface area contributed by atoms with Crippen molar-refractivity contribution in [2.24, 2.45) is 5.92 Å². The van der Waals surface area contributed by atoms with E-state index in [1.165, 1.54) is 103 Å². The van der Waals surface area contributed by atoms with Gasteiger partial charge in [-0.1, -0.05) is 254 Å². The molecule has 0 spiro atoms. The summed E-state index contributed by atoms with van der Waals surface area (Å²) in [7, 11) is 0. The molecule has 7 aromatic carbocycles. The Bertz CT molecular complexity index is 3340. The van der Waals surface area contributed by atoms with Crippen LogP contribution in [0.3, 0.4) is 0 Å². The molecule has 0 nitrogen and oxygen atoms in total. The standard InChI is InChI=1S/C57H48S2.C12H14S.2C2H6.CH4/c1-39-16-14-25-46(36-39)53-35-33-48(58-53)37-40-28-30-45(31-29-40)54-49-34-32-47(52-27-15-26-51(59-52)41-17-6-2-7-18-41)38-50(49)55(42-19-8-3-9-20-42)57(44-23-12-5-13-24-44)56(54)43-21-10-4-11-22-43;1-3-4-10-12(13-2)11-8-6-5-7-9-11;2*1-2;/h2-3,5-10,12-14,16-25,27-35,38-39,51H,4,11,15,26,36-37H2,1H3;3-10H,1-2H3;2*1-2H3;1H4/b;4-3+,12-10-;;;. The first-order valence-electron chi connectivity index (χ1n) is 27.6. The molecule has 11 rings (SSSR count). The molecule has 77 heavy (non-hydrogen) atoms. The minimum Gasteiger partial charge on any atom is -0.140 e. The second kappa shape index (κ2) is 29.8. The molecule has 3 aliphatic rings. The molecule has 2 atom stereocenters. The summed E-state index contributed by atoms with van der Waals surface area (Å²) in [5.41, 5.74) is 17.1. The van der Waals surface area contributed by atoms with Gasteiger partial charge in [0.25, 0.3) is 0 Å². The van der Waals surface area contributed by atoms with Crippen LogP contribution < -0.4 is 0 Å². The van der Waals surface area contributed by atoms with E-state index in [1.54, 1.807) is 11.8 Å². The van der Waals surface area contributed by atoms with Crippen LogP contribution in [-0.4, -0.2) is 6.26 Å². The second-order valence-corrected chi connectivity index (χ2v) is 22.1. The van der Waals surface area contributed by atoms with Crippen LogP contribution in [0.4, 0.5) is 0 Å². The van der Waals surface area contributed by atoms with E-state index in [1.807, 2.05) is 69.9 Å². The molecule has 1 aromatic heterocycles. The van der Waals surface area contributed by atoms with Crippen molar-refractivity contribution >= 4 is 66.6 Å². The first kappa shape index (κ1) is 58.1. The van der Waals surface area contributed by atoms with Gasteiger partial charge in [-0.25, -0.2) is 0 Å². The quantitative estimate of drug-likeness (QED) is 0.112. The van der Waals surface area contributed by atoms with E-state index in [4.69, 9.17) is 0 Å². The molecule has 0 radical (unpaired) electrons. The van der Waals surface area contributed by atoms with Gasteiger partial charge >= 0.3 is 0 Å². The molecule has 0 saturated carbocycles. The summed E-state index contributed by atoms with van der Waals surface area (Å²) in [5, 5.41) is 3.04. The van der Waals surface area contributed by atoms with Gasteiger partial charge in [-0.15, -0.1) is 34.9 Å². The fourth-order valence-electron chi connectivity index (χ4n) is 10.3. The van der Waals surface area contributed by atoms with Gasteiger partial charge in [-0.2, -0.15) is 0 Å². The Balaban J connectivity index is 0.000000416. The molecule has 2 heterocycles. The number of allylic oxidation sites excluding steroid dienone is 12. The van der Waals surface area contributed by atoms with Crippen molar-refractivity contribution in [1.29, 1.82) is 0 Å². The summed E-state index contributed by atoms with van der Waals surface area (Å²) >= 11 is 5.74. The smallest absolute Gasteiger partial charge is 0.0347 e.